The van der Waals surface area contributed by atoms with E-state index >= 15 is 0 Å². The third-order valence-electron chi connectivity index (χ3n) is 4.40. The summed E-state index contributed by atoms with van der Waals surface area (Å²) >= 11 is 0. The van der Waals surface area contributed by atoms with Crippen LogP contribution in [0.5, 0.6) is 0 Å². The minimum atomic E-state index is -1.99. The number of rotatable bonds is 6. The monoisotopic (exact) mass is 398 g/mol. The number of ether oxygens (including phenoxy) is 2. The average Bonchev–Trinajstić information content (AvgIpc) is 2.80. The molecule has 1 atom stereocenters. The van der Waals surface area contributed by atoms with E-state index < -0.39 is 23.0 Å². The Labute approximate surface area is 172 Å². The molecule has 30 heavy (non-hydrogen) atoms. The minimum Gasteiger partial charge on any atom is -0.459 e. The molecule has 146 valence electrons. The molecule has 0 spiro atoms. The van der Waals surface area contributed by atoms with Crippen LogP contribution in [0, 0.1) is 67.5 Å². The number of nitriles is 5. The standard InChI is InChI=1S/C21H14N6O3/c22-10-17(8-16-4-2-1-3-5-16)19(28)30-7-6-29-18-9-20(11-23,12-24)21(13-25,14-26)15-27-18/h1-5,8,15,18H,6-7,9H2/b17-8+. The molecule has 0 amide bonds. The lowest BCUT2D eigenvalue weighted by molar-refractivity contribution is -0.140. The summed E-state index contributed by atoms with van der Waals surface area (Å²) in [6, 6.07) is 17.4. The number of aliphatic imine (C=N–C) groups is 1. The van der Waals surface area contributed by atoms with E-state index in [-0.39, 0.29) is 25.2 Å². The van der Waals surface area contributed by atoms with Gasteiger partial charge in [0.15, 0.2) is 11.6 Å². The second-order valence-corrected chi connectivity index (χ2v) is 6.18. The van der Waals surface area contributed by atoms with Gasteiger partial charge in [0, 0.05) is 12.6 Å². The van der Waals surface area contributed by atoms with Crippen LogP contribution in [0.2, 0.25) is 0 Å². The van der Waals surface area contributed by atoms with Gasteiger partial charge in [0.1, 0.15) is 18.2 Å². The zero-order chi connectivity index (χ0) is 22.0. The number of benzene rings is 1. The Morgan fingerprint density at radius 3 is 2.30 bits per heavy atom. The van der Waals surface area contributed by atoms with Crippen molar-refractivity contribution in [2.45, 2.75) is 12.6 Å². The predicted molar refractivity (Wildman–Crippen MR) is 101 cm³/mol. The number of hydrogen-bond donors (Lipinski definition) is 0. The van der Waals surface area contributed by atoms with Crippen LogP contribution in [0.3, 0.4) is 0 Å². The first-order valence-electron chi connectivity index (χ1n) is 8.64. The van der Waals surface area contributed by atoms with Crippen molar-refractivity contribution < 1.29 is 14.3 Å². The van der Waals surface area contributed by atoms with Crippen molar-refractivity contribution in [3.05, 3.63) is 41.5 Å². The molecule has 9 nitrogen and oxygen atoms in total. The maximum Gasteiger partial charge on any atom is 0.348 e. The van der Waals surface area contributed by atoms with Crippen molar-refractivity contribution in [1.82, 2.24) is 0 Å². The van der Waals surface area contributed by atoms with Crippen molar-refractivity contribution >= 4 is 18.3 Å². The fourth-order valence-corrected chi connectivity index (χ4v) is 2.70. The van der Waals surface area contributed by atoms with Crippen LogP contribution in [0.25, 0.3) is 6.08 Å². The van der Waals surface area contributed by atoms with Crippen LogP contribution >= 0.6 is 0 Å². The van der Waals surface area contributed by atoms with Crippen LogP contribution in [-0.4, -0.2) is 31.6 Å². The van der Waals surface area contributed by atoms with Gasteiger partial charge in [-0.3, -0.25) is 4.99 Å². The molecule has 1 aromatic rings. The van der Waals surface area contributed by atoms with Gasteiger partial charge in [-0.15, -0.1) is 0 Å². The molecule has 0 saturated carbocycles. The highest BCUT2D eigenvalue weighted by Crippen LogP contribution is 2.44. The van der Waals surface area contributed by atoms with Crippen LogP contribution in [0.1, 0.15) is 12.0 Å². The Bertz CT molecular complexity index is 1050. The highest BCUT2D eigenvalue weighted by Gasteiger charge is 2.57. The molecule has 0 radical (unpaired) electrons. The average molecular weight is 398 g/mol. The maximum atomic E-state index is 12.0. The van der Waals surface area contributed by atoms with Crippen molar-refractivity contribution in [3.8, 4) is 30.3 Å². The minimum absolute atomic E-state index is 0.128. The normalized spacial score (nSPS) is 18.5. The van der Waals surface area contributed by atoms with E-state index in [0.717, 1.165) is 6.21 Å². The van der Waals surface area contributed by atoms with Gasteiger partial charge in [-0.25, -0.2) is 4.79 Å². The molecular weight excluding hydrogens is 384 g/mol. The summed E-state index contributed by atoms with van der Waals surface area (Å²) in [5.41, 5.74) is -3.45. The summed E-state index contributed by atoms with van der Waals surface area (Å²) in [4.78, 5) is 16.0. The molecule has 0 aliphatic carbocycles. The summed E-state index contributed by atoms with van der Waals surface area (Å²) in [5, 5.41) is 46.5. The van der Waals surface area contributed by atoms with Gasteiger partial charge in [-0.05, 0) is 11.6 Å². The smallest absolute Gasteiger partial charge is 0.348 e. The van der Waals surface area contributed by atoms with Crippen molar-refractivity contribution in [1.29, 1.82) is 26.3 Å². The number of carbonyl (C=O) groups is 1. The highest BCUT2D eigenvalue weighted by atomic mass is 16.6. The summed E-state index contributed by atoms with van der Waals surface area (Å²) < 4.78 is 10.4. The van der Waals surface area contributed by atoms with Gasteiger partial charge in [0.2, 0.25) is 5.41 Å². The van der Waals surface area contributed by atoms with Gasteiger partial charge in [-0.2, -0.15) is 26.3 Å². The van der Waals surface area contributed by atoms with Gasteiger partial charge < -0.3 is 9.47 Å². The van der Waals surface area contributed by atoms with E-state index in [1.165, 1.54) is 6.08 Å². The second kappa shape index (κ2) is 9.63. The summed E-state index contributed by atoms with van der Waals surface area (Å²) in [6.07, 6.45) is 1.10. The zero-order valence-corrected chi connectivity index (χ0v) is 15.6. The number of carbonyl (C=O) groups excluding carboxylic acids is 1. The molecule has 1 heterocycles. The van der Waals surface area contributed by atoms with Gasteiger partial charge in [-0.1, -0.05) is 30.3 Å². The molecule has 0 fully saturated rings. The van der Waals surface area contributed by atoms with Crippen LogP contribution in [-0.2, 0) is 14.3 Å². The zero-order valence-electron chi connectivity index (χ0n) is 15.6. The third kappa shape index (κ3) is 4.32. The quantitative estimate of drug-likeness (QED) is 0.303. The lowest BCUT2D eigenvalue weighted by atomic mass is 9.63. The Morgan fingerprint density at radius 2 is 1.73 bits per heavy atom. The summed E-state index contributed by atoms with van der Waals surface area (Å²) in [7, 11) is 0. The van der Waals surface area contributed by atoms with Gasteiger partial charge in [0.25, 0.3) is 0 Å². The first-order chi connectivity index (χ1) is 14.5. The largest absolute Gasteiger partial charge is 0.459 e. The topological polar surface area (TPSA) is 167 Å². The molecule has 2 rings (SSSR count). The molecule has 0 bridgehead atoms. The molecule has 0 saturated heterocycles. The van der Waals surface area contributed by atoms with Crippen molar-refractivity contribution in [2.24, 2.45) is 15.8 Å². The first kappa shape index (κ1) is 21.8. The molecular formula is C21H14N6O3. The van der Waals surface area contributed by atoms with E-state index in [2.05, 4.69) is 4.99 Å². The lowest BCUT2D eigenvalue weighted by Crippen LogP contribution is -2.45. The second-order valence-electron chi connectivity index (χ2n) is 6.18. The van der Waals surface area contributed by atoms with Crippen LogP contribution < -0.4 is 0 Å². The van der Waals surface area contributed by atoms with E-state index in [1.54, 1.807) is 60.7 Å². The van der Waals surface area contributed by atoms with Crippen molar-refractivity contribution in [3.63, 3.8) is 0 Å². The van der Waals surface area contributed by atoms with E-state index in [4.69, 9.17) is 14.7 Å². The van der Waals surface area contributed by atoms with E-state index in [1.807, 2.05) is 0 Å². The van der Waals surface area contributed by atoms with E-state index in [9.17, 15) is 25.8 Å². The highest BCUT2D eigenvalue weighted by molar-refractivity contribution is 5.97. The Balaban J connectivity index is 1.96. The Kier molecular flexibility index (Phi) is 7.00. The lowest BCUT2D eigenvalue weighted by Gasteiger charge is -2.33. The maximum absolute atomic E-state index is 12.0. The first-order valence-corrected chi connectivity index (χ1v) is 8.64. The summed E-state index contributed by atoms with van der Waals surface area (Å²) in [6.45, 7) is -0.330. The van der Waals surface area contributed by atoms with Gasteiger partial charge >= 0.3 is 5.97 Å². The summed E-state index contributed by atoms with van der Waals surface area (Å²) in [5.74, 6) is -0.825. The molecule has 1 aliphatic heterocycles. The van der Waals surface area contributed by atoms with Crippen molar-refractivity contribution in [2.75, 3.05) is 13.2 Å². The fraction of sp³-hybridized carbons (Fsp3) is 0.286. The SMILES string of the molecule is N#C/C(=C\c1ccccc1)C(=O)OCCOC1CC(C#N)(C#N)C(C#N)(C#N)C=N1. The number of hydrogen-bond acceptors (Lipinski definition) is 9. The van der Waals surface area contributed by atoms with Crippen LogP contribution in [0.15, 0.2) is 40.9 Å². The molecule has 1 unspecified atom stereocenters. The van der Waals surface area contributed by atoms with Crippen LogP contribution in [0.4, 0.5) is 0 Å². The molecule has 9 heteroatoms. The van der Waals surface area contributed by atoms with Gasteiger partial charge in [0.05, 0.1) is 30.9 Å². The molecule has 0 N–H and O–H groups in total. The Hall–Kier alpha value is -4.49. The Morgan fingerprint density at radius 1 is 1.07 bits per heavy atom. The fourth-order valence-electron chi connectivity index (χ4n) is 2.70. The van der Waals surface area contributed by atoms with E-state index in [0.29, 0.717) is 5.56 Å². The number of esters is 1. The molecule has 1 aliphatic rings. The predicted octanol–water partition coefficient (Wildman–Crippen LogP) is 2.02. The third-order valence-corrected chi connectivity index (χ3v) is 4.40. The number of nitrogens with zero attached hydrogens (tertiary/aromatic N) is 6. The molecule has 1 aromatic carbocycles. The molecule has 0 aromatic heterocycles.